The van der Waals surface area contributed by atoms with Gasteiger partial charge in [-0.3, -0.25) is 0 Å². The van der Waals surface area contributed by atoms with Gasteiger partial charge in [-0.05, 0) is 19.8 Å². The fourth-order valence-electron chi connectivity index (χ4n) is 2.53. The molecule has 0 unspecified atom stereocenters. The first-order valence-electron chi connectivity index (χ1n) is 6.80. The van der Waals surface area contributed by atoms with Gasteiger partial charge in [0.25, 0.3) is 0 Å². The molecule has 0 atom stereocenters. The number of nitrogens with zero attached hydrogens (tertiary/aromatic N) is 2. The molecule has 0 spiro atoms. The van der Waals surface area contributed by atoms with E-state index in [0.717, 1.165) is 24.4 Å². The fourth-order valence-corrected chi connectivity index (χ4v) is 2.53. The van der Waals surface area contributed by atoms with E-state index in [1.165, 1.54) is 0 Å². The summed E-state index contributed by atoms with van der Waals surface area (Å²) in [6.07, 6.45) is 3.20. The highest BCUT2D eigenvalue weighted by Gasteiger charge is 2.41. The van der Waals surface area contributed by atoms with E-state index in [0.29, 0.717) is 18.7 Å². The largest absolute Gasteiger partial charge is 0.480 e. The number of aliphatic carboxylic acids is 1. The maximum absolute atomic E-state index is 11.5. The summed E-state index contributed by atoms with van der Waals surface area (Å²) in [5.41, 5.74) is 0.00873. The van der Waals surface area contributed by atoms with Crippen LogP contribution in [0.1, 0.15) is 57.0 Å². The maximum Gasteiger partial charge on any atom is 0.329 e. The standard InChI is InChI=1S/C14H21N3O2/c1-9(2)12-15-10(3)8-11(16-12)17-14(13(18)19)6-4-5-7-14/h8-9H,4-7H2,1-3H3,(H,18,19)(H,15,16,17). The molecule has 19 heavy (non-hydrogen) atoms. The Kier molecular flexibility index (Phi) is 3.73. The lowest BCUT2D eigenvalue weighted by Gasteiger charge is -2.26. The van der Waals surface area contributed by atoms with Crippen LogP contribution in [-0.2, 0) is 4.79 Å². The van der Waals surface area contributed by atoms with Crippen LogP contribution >= 0.6 is 0 Å². The molecule has 104 valence electrons. The molecule has 2 rings (SSSR count). The van der Waals surface area contributed by atoms with Gasteiger partial charge in [-0.15, -0.1) is 0 Å². The molecule has 1 aromatic heterocycles. The first-order chi connectivity index (χ1) is 8.93. The van der Waals surface area contributed by atoms with E-state index in [4.69, 9.17) is 0 Å². The summed E-state index contributed by atoms with van der Waals surface area (Å²) < 4.78 is 0. The van der Waals surface area contributed by atoms with Gasteiger partial charge in [-0.2, -0.15) is 0 Å². The van der Waals surface area contributed by atoms with Crippen molar-refractivity contribution >= 4 is 11.8 Å². The van der Waals surface area contributed by atoms with Crippen molar-refractivity contribution in [3.8, 4) is 0 Å². The van der Waals surface area contributed by atoms with Crippen LogP contribution in [0.4, 0.5) is 5.82 Å². The topological polar surface area (TPSA) is 75.1 Å². The molecule has 0 aliphatic heterocycles. The SMILES string of the molecule is Cc1cc(NC2(C(=O)O)CCCC2)nc(C(C)C)n1. The number of carbonyl (C=O) groups is 1. The van der Waals surface area contributed by atoms with E-state index in [2.05, 4.69) is 15.3 Å². The molecule has 1 saturated carbocycles. The third-order valence-corrected chi connectivity index (χ3v) is 3.62. The number of aromatic nitrogens is 2. The zero-order chi connectivity index (χ0) is 14.0. The summed E-state index contributed by atoms with van der Waals surface area (Å²) in [4.78, 5) is 20.3. The summed E-state index contributed by atoms with van der Waals surface area (Å²) in [6, 6.07) is 1.81. The van der Waals surface area contributed by atoms with Crippen LogP contribution in [0.3, 0.4) is 0 Å². The highest BCUT2D eigenvalue weighted by atomic mass is 16.4. The predicted molar refractivity (Wildman–Crippen MR) is 73.3 cm³/mol. The second-order valence-corrected chi connectivity index (χ2v) is 5.63. The quantitative estimate of drug-likeness (QED) is 0.873. The molecule has 5 nitrogen and oxygen atoms in total. The van der Waals surface area contributed by atoms with Crippen molar-refractivity contribution in [3.05, 3.63) is 17.6 Å². The molecule has 1 aliphatic carbocycles. The second kappa shape index (κ2) is 5.15. The minimum absolute atomic E-state index is 0.227. The van der Waals surface area contributed by atoms with Crippen molar-refractivity contribution < 1.29 is 9.90 Å². The molecule has 0 radical (unpaired) electrons. The number of carboxylic acids is 1. The molecule has 0 saturated heterocycles. The van der Waals surface area contributed by atoms with Crippen LogP contribution in [0.25, 0.3) is 0 Å². The lowest BCUT2D eigenvalue weighted by molar-refractivity contribution is -0.142. The van der Waals surface area contributed by atoms with Crippen molar-refractivity contribution in [2.24, 2.45) is 0 Å². The van der Waals surface area contributed by atoms with Crippen LogP contribution in [0.5, 0.6) is 0 Å². The van der Waals surface area contributed by atoms with Gasteiger partial charge in [0.2, 0.25) is 0 Å². The van der Waals surface area contributed by atoms with Crippen LogP contribution in [0, 0.1) is 6.92 Å². The van der Waals surface area contributed by atoms with Crippen molar-refractivity contribution in [1.29, 1.82) is 0 Å². The Bertz CT molecular complexity index is 480. The molecule has 0 amide bonds. The number of aryl methyl sites for hydroxylation is 1. The van der Waals surface area contributed by atoms with Crippen LogP contribution in [0.2, 0.25) is 0 Å². The summed E-state index contributed by atoms with van der Waals surface area (Å²) in [5, 5.41) is 12.6. The van der Waals surface area contributed by atoms with Gasteiger partial charge in [0.05, 0.1) is 0 Å². The molecule has 5 heteroatoms. The summed E-state index contributed by atoms with van der Waals surface area (Å²) in [5.74, 6) is 0.818. The van der Waals surface area contributed by atoms with Crippen LogP contribution in [0.15, 0.2) is 6.07 Å². The minimum atomic E-state index is -0.852. The molecular formula is C14H21N3O2. The number of rotatable bonds is 4. The predicted octanol–water partition coefficient (Wildman–Crippen LogP) is 2.72. The van der Waals surface area contributed by atoms with E-state index in [9.17, 15) is 9.90 Å². The maximum atomic E-state index is 11.5. The third kappa shape index (κ3) is 2.85. The number of nitrogens with one attached hydrogen (secondary N) is 1. The number of hydrogen-bond acceptors (Lipinski definition) is 4. The number of anilines is 1. The van der Waals surface area contributed by atoms with Crippen molar-refractivity contribution in [2.45, 2.75) is 57.9 Å². The lowest BCUT2D eigenvalue weighted by Crippen LogP contribution is -2.44. The molecule has 1 fully saturated rings. The van der Waals surface area contributed by atoms with E-state index in [1.807, 2.05) is 26.8 Å². The third-order valence-electron chi connectivity index (χ3n) is 3.62. The summed E-state index contributed by atoms with van der Waals surface area (Å²) in [7, 11) is 0. The van der Waals surface area contributed by atoms with Gasteiger partial charge >= 0.3 is 5.97 Å². The van der Waals surface area contributed by atoms with Crippen molar-refractivity contribution in [3.63, 3.8) is 0 Å². The van der Waals surface area contributed by atoms with Gasteiger partial charge in [0.1, 0.15) is 17.2 Å². The average Bonchev–Trinajstić information content (AvgIpc) is 2.78. The van der Waals surface area contributed by atoms with Gasteiger partial charge < -0.3 is 10.4 Å². The van der Waals surface area contributed by atoms with E-state index >= 15 is 0 Å². The summed E-state index contributed by atoms with van der Waals surface area (Å²) in [6.45, 7) is 5.96. The zero-order valence-electron chi connectivity index (χ0n) is 11.7. The highest BCUT2D eigenvalue weighted by Crippen LogP contribution is 2.33. The Morgan fingerprint density at radius 1 is 1.37 bits per heavy atom. The highest BCUT2D eigenvalue weighted by molar-refractivity contribution is 5.82. The molecule has 0 bridgehead atoms. The van der Waals surface area contributed by atoms with Gasteiger partial charge in [-0.1, -0.05) is 26.7 Å². The van der Waals surface area contributed by atoms with Crippen LogP contribution in [-0.4, -0.2) is 26.6 Å². The normalized spacial score (nSPS) is 17.7. The van der Waals surface area contributed by atoms with Crippen LogP contribution < -0.4 is 5.32 Å². The molecule has 1 aliphatic rings. The number of hydrogen-bond donors (Lipinski definition) is 2. The average molecular weight is 263 g/mol. The van der Waals surface area contributed by atoms with Crippen molar-refractivity contribution in [1.82, 2.24) is 9.97 Å². The lowest BCUT2D eigenvalue weighted by atomic mass is 9.98. The molecule has 2 N–H and O–H groups in total. The number of carboxylic acid groups (broad SMARTS) is 1. The second-order valence-electron chi connectivity index (χ2n) is 5.63. The van der Waals surface area contributed by atoms with E-state index in [1.54, 1.807) is 0 Å². The molecule has 0 aromatic carbocycles. The Morgan fingerprint density at radius 2 is 2.00 bits per heavy atom. The Hall–Kier alpha value is -1.65. The summed E-state index contributed by atoms with van der Waals surface area (Å²) >= 11 is 0. The zero-order valence-corrected chi connectivity index (χ0v) is 11.7. The van der Waals surface area contributed by atoms with Gasteiger partial charge in [0.15, 0.2) is 0 Å². The molecule has 1 aromatic rings. The molecular weight excluding hydrogens is 242 g/mol. The fraction of sp³-hybridized carbons (Fsp3) is 0.643. The monoisotopic (exact) mass is 263 g/mol. The Morgan fingerprint density at radius 3 is 2.53 bits per heavy atom. The first-order valence-corrected chi connectivity index (χ1v) is 6.80. The Labute approximate surface area is 113 Å². The first kappa shape index (κ1) is 13.8. The van der Waals surface area contributed by atoms with E-state index < -0.39 is 11.5 Å². The molecule has 1 heterocycles. The van der Waals surface area contributed by atoms with E-state index in [-0.39, 0.29) is 5.92 Å². The Balaban J connectivity index is 2.29. The van der Waals surface area contributed by atoms with Gasteiger partial charge in [-0.25, -0.2) is 14.8 Å². The van der Waals surface area contributed by atoms with Gasteiger partial charge in [0, 0.05) is 17.7 Å². The smallest absolute Gasteiger partial charge is 0.329 e. The minimum Gasteiger partial charge on any atom is -0.480 e. The van der Waals surface area contributed by atoms with Crippen molar-refractivity contribution in [2.75, 3.05) is 5.32 Å².